The lowest BCUT2D eigenvalue weighted by molar-refractivity contribution is -0.136. The van der Waals surface area contributed by atoms with Gasteiger partial charge in [-0.15, -0.1) is 0 Å². The molecule has 0 aromatic heterocycles. The van der Waals surface area contributed by atoms with Gasteiger partial charge in [0.15, 0.2) is 12.4 Å². The summed E-state index contributed by atoms with van der Waals surface area (Å²) in [6, 6.07) is 18.1. The van der Waals surface area contributed by atoms with Crippen LogP contribution < -0.4 is 0 Å². The van der Waals surface area contributed by atoms with E-state index < -0.39 is 5.97 Å². The maximum atomic E-state index is 11.7. The number of benzene rings is 2. The van der Waals surface area contributed by atoms with E-state index in [0.717, 1.165) is 5.56 Å². The van der Waals surface area contributed by atoms with E-state index in [0.29, 0.717) is 5.56 Å². The molecule has 3 nitrogen and oxygen atoms in total. The topological polar surface area (TPSA) is 43.4 Å². The Morgan fingerprint density at radius 2 is 1.50 bits per heavy atom. The van der Waals surface area contributed by atoms with Crippen molar-refractivity contribution < 1.29 is 14.3 Å². The molecule has 0 spiro atoms. The van der Waals surface area contributed by atoms with Gasteiger partial charge in [-0.3, -0.25) is 4.79 Å². The molecule has 0 unspecified atom stereocenters. The summed E-state index contributed by atoms with van der Waals surface area (Å²) in [6.07, 6.45) is 2.96. The van der Waals surface area contributed by atoms with E-state index in [1.165, 1.54) is 6.08 Å². The van der Waals surface area contributed by atoms with Crippen LogP contribution in [0.4, 0.5) is 0 Å². The molecule has 3 heteroatoms. The molecule has 2 aromatic carbocycles. The molecule has 0 saturated carbocycles. The minimum absolute atomic E-state index is 0.216. The predicted octanol–water partition coefficient (Wildman–Crippen LogP) is 3.13. The largest absolute Gasteiger partial charge is 0.454 e. The normalized spacial score (nSPS) is 10.4. The summed E-state index contributed by atoms with van der Waals surface area (Å²) in [5, 5.41) is 0. The molecule has 2 aromatic rings. The molecular weight excluding hydrogens is 252 g/mol. The van der Waals surface area contributed by atoms with Crippen molar-refractivity contribution in [3.05, 3.63) is 77.9 Å². The van der Waals surface area contributed by atoms with Crippen LogP contribution >= 0.6 is 0 Å². The molecule has 0 amide bonds. The summed E-state index contributed by atoms with van der Waals surface area (Å²) in [5.41, 5.74) is 1.44. The third kappa shape index (κ3) is 4.21. The quantitative estimate of drug-likeness (QED) is 0.474. The Labute approximate surface area is 117 Å². The number of ketones is 1. The molecule has 100 valence electrons. The Hall–Kier alpha value is -2.68. The molecule has 0 aliphatic rings. The SMILES string of the molecule is O=C(C=Cc1ccccc1)OCC(=O)c1ccccc1. The van der Waals surface area contributed by atoms with E-state index in [-0.39, 0.29) is 12.4 Å². The molecule has 0 aliphatic heterocycles. The van der Waals surface area contributed by atoms with Crippen molar-refractivity contribution in [1.29, 1.82) is 0 Å². The first-order valence-corrected chi connectivity index (χ1v) is 6.24. The maximum absolute atomic E-state index is 11.7. The number of carbonyl (C=O) groups excluding carboxylic acids is 2. The fourth-order valence-corrected chi connectivity index (χ4v) is 1.62. The smallest absolute Gasteiger partial charge is 0.331 e. The van der Waals surface area contributed by atoms with Gasteiger partial charge in [0.2, 0.25) is 0 Å². The van der Waals surface area contributed by atoms with Gasteiger partial charge in [-0.1, -0.05) is 60.7 Å². The Balaban J connectivity index is 1.84. The van der Waals surface area contributed by atoms with Crippen molar-refractivity contribution in [2.24, 2.45) is 0 Å². The molecule has 20 heavy (non-hydrogen) atoms. The van der Waals surface area contributed by atoms with Crippen LogP contribution in [0.25, 0.3) is 6.08 Å². The summed E-state index contributed by atoms with van der Waals surface area (Å²) in [5.74, 6) is -0.745. The molecule has 0 heterocycles. The van der Waals surface area contributed by atoms with Gasteiger partial charge in [-0.25, -0.2) is 4.79 Å². The van der Waals surface area contributed by atoms with Crippen molar-refractivity contribution in [2.45, 2.75) is 0 Å². The third-order valence-corrected chi connectivity index (χ3v) is 2.65. The second kappa shape index (κ2) is 7.04. The highest BCUT2D eigenvalue weighted by molar-refractivity contribution is 5.98. The van der Waals surface area contributed by atoms with Crippen LogP contribution in [0.3, 0.4) is 0 Å². The van der Waals surface area contributed by atoms with Gasteiger partial charge < -0.3 is 4.74 Å². The molecule has 0 saturated heterocycles. The molecule has 0 N–H and O–H groups in total. The zero-order chi connectivity index (χ0) is 14.2. The van der Waals surface area contributed by atoms with Gasteiger partial charge in [-0.05, 0) is 11.6 Å². The first-order chi connectivity index (χ1) is 9.75. The lowest BCUT2D eigenvalue weighted by atomic mass is 10.1. The van der Waals surface area contributed by atoms with Crippen LogP contribution in [-0.4, -0.2) is 18.4 Å². The van der Waals surface area contributed by atoms with Gasteiger partial charge in [0.1, 0.15) is 0 Å². The summed E-state index contributed by atoms with van der Waals surface area (Å²) < 4.78 is 4.90. The van der Waals surface area contributed by atoms with E-state index >= 15 is 0 Å². The zero-order valence-electron chi connectivity index (χ0n) is 10.9. The third-order valence-electron chi connectivity index (χ3n) is 2.65. The standard InChI is InChI=1S/C17H14O3/c18-16(15-9-5-2-6-10-15)13-20-17(19)12-11-14-7-3-1-4-8-14/h1-12H,13H2. The summed E-state index contributed by atoms with van der Waals surface area (Å²) >= 11 is 0. The Bertz CT molecular complexity index is 601. The molecule has 2 rings (SSSR count). The van der Waals surface area contributed by atoms with Gasteiger partial charge >= 0.3 is 5.97 Å². The van der Waals surface area contributed by atoms with E-state index in [1.54, 1.807) is 30.3 Å². The molecule has 0 fully saturated rings. The number of esters is 1. The molecular formula is C17H14O3. The predicted molar refractivity (Wildman–Crippen MR) is 77.2 cm³/mol. The lowest BCUT2D eigenvalue weighted by Crippen LogP contribution is -2.12. The van der Waals surface area contributed by atoms with Crippen molar-refractivity contribution in [3.8, 4) is 0 Å². The Kier molecular flexibility index (Phi) is 4.84. The van der Waals surface area contributed by atoms with E-state index in [4.69, 9.17) is 4.74 Å². The minimum Gasteiger partial charge on any atom is -0.454 e. The van der Waals surface area contributed by atoms with Gasteiger partial charge in [0.05, 0.1) is 0 Å². The average molecular weight is 266 g/mol. The number of ether oxygens (including phenoxy) is 1. The number of Topliss-reactive ketones (excluding diaryl/α,β-unsaturated/α-hetero) is 1. The first kappa shape index (κ1) is 13.7. The van der Waals surface area contributed by atoms with E-state index in [9.17, 15) is 9.59 Å². The maximum Gasteiger partial charge on any atom is 0.331 e. The van der Waals surface area contributed by atoms with Crippen LogP contribution in [0, 0.1) is 0 Å². The number of hydrogen-bond acceptors (Lipinski definition) is 3. The van der Waals surface area contributed by atoms with Crippen LogP contribution in [0.5, 0.6) is 0 Å². The van der Waals surface area contributed by atoms with Gasteiger partial charge in [0, 0.05) is 11.6 Å². The highest BCUT2D eigenvalue weighted by Gasteiger charge is 2.07. The lowest BCUT2D eigenvalue weighted by Gasteiger charge is -2.01. The van der Waals surface area contributed by atoms with Crippen molar-refractivity contribution >= 4 is 17.8 Å². The fraction of sp³-hybridized carbons (Fsp3) is 0.0588. The molecule has 0 radical (unpaired) electrons. The van der Waals surface area contributed by atoms with Crippen LogP contribution in [0.15, 0.2) is 66.7 Å². The second-order valence-electron chi connectivity index (χ2n) is 4.14. The van der Waals surface area contributed by atoms with E-state index in [1.807, 2.05) is 36.4 Å². The number of hydrogen-bond donors (Lipinski definition) is 0. The summed E-state index contributed by atoms with van der Waals surface area (Å²) in [4.78, 5) is 23.2. The highest BCUT2D eigenvalue weighted by atomic mass is 16.5. The monoisotopic (exact) mass is 266 g/mol. The average Bonchev–Trinajstić information content (AvgIpc) is 2.52. The number of rotatable bonds is 5. The fourth-order valence-electron chi connectivity index (χ4n) is 1.62. The molecule has 0 bridgehead atoms. The zero-order valence-corrected chi connectivity index (χ0v) is 10.9. The van der Waals surface area contributed by atoms with Gasteiger partial charge in [-0.2, -0.15) is 0 Å². The van der Waals surface area contributed by atoms with Crippen molar-refractivity contribution in [1.82, 2.24) is 0 Å². The molecule has 0 aliphatic carbocycles. The van der Waals surface area contributed by atoms with E-state index in [2.05, 4.69) is 0 Å². The van der Waals surface area contributed by atoms with Gasteiger partial charge in [0.25, 0.3) is 0 Å². The Morgan fingerprint density at radius 1 is 0.900 bits per heavy atom. The van der Waals surface area contributed by atoms with Crippen molar-refractivity contribution in [3.63, 3.8) is 0 Å². The highest BCUT2D eigenvalue weighted by Crippen LogP contribution is 2.03. The van der Waals surface area contributed by atoms with Crippen LogP contribution in [0.1, 0.15) is 15.9 Å². The Morgan fingerprint density at radius 3 is 2.15 bits per heavy atom. The van der Waals surface area contributed by atoms with Crippen LogP contribution in [-0.2, 0) is 9.53 Å². The molecule has 0 atom stereocenters. The number of carbonyl (C=O) groups is 2. The first-order valence-electron chi connectivity index (χ1n) is 6.24. The summed E-state index contributed by atoms with van der Waals surface area (Å²) in [7, 11) is 0. The second-order valence-corrected chi connectivity index (χ2v) is 4.14. The van der Waals surface area contributed by atoms with Crippen molar-refractivity contribution in [2.75, 3.05) is 6.61 Å². The van der Waals surface area contributed by atoms with Crippen LogP contribution in [0.2, 0.25) is 0 Å². The summed E-state index contributed by atoms with van der Waals surface area (Å²) in [6.45, 7) is -0.248. The minimum atomic E-state index is -0.530.